The van der Waals surface area contributed by atoms with Gasteiger partial charge in [-0.25, -0.2) is 0 Å². The summed E-state index contributed by atoms with van der Waals surface area (Å²) in [6.07, 6.45) is 1.93. The van der Waals surface area contributed by atoms with Crippen LogP contribution in [0.15, 0.2) is 36.4 Å². The van der Waals surface area contributed by atoms with Gasteiger partial charge in [0.2, 0.25) is 0 Å². The Balaban J connectivity index is 1.48. The van der Waals surface area contributed by atoms with Crippen LogP contribution in [0.1, 0.15) is 59.4 Å². The monoisotopic (exact) mass is 419 g/mol. The van der Waals surface area contributed by atoms with Crippen molar-refractivity contribution in [3.63, 3.8) is 0 Å². The molecule has 0 unspecified atom stereocenters. The molecule has 1 aliphatic rings. The molecule has 1 aromatic carbocycles. The number of esters is 1. The molecule has 0 aliphatic heterocycles. The Labute approximate surface area is 173 Å². The van der Waals surface area contributed by atoms with Crippen molar-refractivity contribution >= 4 is 40.6 Å². The van der Waals surface area contributed by atoms with E-state index in [1.165, 1.54) is 16.9 Å². The highest BCUT2D eigenvalue weighted by Gasteiger charge is 2.25. The summed E-state index contributed by atoms with van der Waals surface area (Å²) < 4.78 is 5.74. The zero-order valence-corrected chi connectivity index (χ0v) is 17.1. The fourth-order valence-electron chi connectivity index (χ4n) is 3.31. The molecule has 1 N–H and O–H groups in total. The average Bonchev–Trinajstić information content (AvgIpc) is 3.13. The minimum Gasteiger partial charge on any atom is -0.453 e. The molecule has 0 fully saturated rings. The second kappa shape index (κ2) is 9.34. The van der Waals surface area contributed by atoms with E-state index in [4.69, 9.17) is 16.3 Å². The van der Waals surface area contributed by atoms with Crippen LogP contribution in [0.5, 0.6) is 0 Å². The van der Waals surface area contributed by atoms with E-state index in [1.54, 1.807) is 19.1 Å². The highest BCUT2D eigenvalue weighted by Crippen LogP contribution is 2.29. The normalized spacial score (nSPS) is 16.7. The van der Waals surface area contributed by atoms with E-state index in [9.17, 15) is 14.4 Å². The van der Waals surface area contributed by atoms with E-state index in [0.717, 1.165) is 24.8 Å². The number of benzene rings is 1. The lowest BCUT2D eigenvalue weighted by molar-refractivity contribution is -0.155. The molecule has 1 aliphatic carbocycles. The zero-order chi connectivity index (χ0) is 20.1. The van der Waals surface area contributed by atoms with Gasteiger partial charge in [-0.2, -0.15) is 0 Å². The molecule has 0 spiro atoms. The Kier molecular flexibility index (Phi) is 6.86. The second-order valence-corrected chi connectivity index (χ2v) is 8.53. The number of thiophene rings is 1. The summed E-state index contributed by atoms with van der Waals surface area (Å²) in [5.74, 6) is -1.06. The van der Waals surface area contributed by atoms with Crippen molar-refractivity contribution in [1.82, 2.24) is 5.32 Å². The number of carbonyl (C=O) groups excluding carboxylic acids is 3. The van der Waals surface area contributed by atoms with E-state index in [0.29, 0.717) is 9.21 Å². The van der Waals surface area contributed by atoms with Gasteiger partial charge >= 0.3 is 5.97 Å². The Morgan fingerprint density at radius 1 is 1.21 bits per heavy atom. The predicted octanol–water partition coefficient (Wildman–Crippen LogP) is 4.49. The summed E-state index contributed by atoms with van der Waals surface area (Å²) in [4.78, 5) is 37.0. The standard InChI is InChI=1S/C21H22ClNO4S/c1-13(27-20(25)12-9-17(24)18-10-11-19(22)28-18)21(26)23-16-8-4-6-14-5-2-3-7-15(14)16/h2-3,5,7,10-11,13,16H,4,6,8-9,12H2,1H3,(H,23,26)/t13-,16+/m1/s1. The summed E-state index contributed by atoms with van der Waals surface area (Å²) >= 11 is 6.99. The third kappa shape index (κ3) is 5.20. The number of ether oxygens (including phenoxy) is 1. The lowest BCUT2D eigenvalue weighted by Gasteiger charge is -2.27. The minimum absolute atomic E-state index is 0.0278. The first-order valence-corrected chi connectivity index (χ1v) is 10.5. The van der Waals surface area contributed by atoms with Gasteiger partial charge in [-0.15, -0.1) is 11.3 Å². The predicted molar refractivity (Wildman–Crippen MR) is 109 cm³/mol. The molecule has 2 atom stereocenters. The maximum absolute atomic E-state index is 12.5. The molecule has 148 valence electrons. The molecular formula is C21H22ClNO4S. The Hall–Kier alpha value is -2.18. The van der Waals surface area contributed by atoms with Gasteiger partial charge in [0.1, 0.15) is 0 Å². The van der Waals surface area contributed by atoms with Crippen LogP contribution in [0.4, 0.5) is 0 Å². The molecule has 5 nitrogen and oxygen atoms in total. The lowest BCUT2D eigenvalue weighted by atomic mass is 9.87. The van der Waals surface area contributed by atoms with Crippen molar-refractivity contribution in [2.24, 2.45) is 0 Å². The zero-order valence-electron chi connectivity index (χ0n) is 15.6. The third-order valence-electron chi connectivity index (χ3n) is 4.77. The number of nitrogens with one attached hydrogen (secondary N) is 1. The molecule has 0 radical (unpaired) electrons. The number of rotatable bonds is 7. The topological polar surface area (TPSA) is 72.5 Å². The van der Waals surface area contributed by atoms with Crippen molar-refractivity contribution in [2.75, 3.05) is 0 Å². The molecular weight excluding hydrogens is 398 g/mol. The molecule has 1 heterocycles. The highest BCUT2D eigenvalue weighted by atomic mass is 35.5. The van der Waals surface area contributed by atoms with Crippen LogP contribution in [-0.2, 0) is 20.7 Å². The maximum Gasteiger partial charge on any atom is 0.307 e. The van der Waals surface area contributed by atoms with Crippen molar-refractivity contribution in [3.05, 3.63) is 56.7 Å². The highest BCUT2D eigenvalue weighted by molar-refractivity contribution is 7.18. The van der Waals surface area contributed by atoms with Gasteiger partial charge in [-0.3, -0.25) is 14.4 Å². The number of hydrogen-bond donors (Lipinski definition) is 1. The first-order chi connectivity index (χ1) is 13.4. The number of hydrogen-bond acceptors (Lipinski definition) is 5. The van der Waals surface area contributed by atoms with Gasteiger partial charge < -0.3 is 10.1 Å². The van der Waals surface area contributed by atoms with E-state index in [-0.39, 0.29) is 30.6 Å². The summed E-state index contributed by atoms with van der Waals surface area (Å²) in [6.45, 7) is 1.54. The molecule has 28 heavy (non-hydrogen) atoms. The second-order valence-electron chi connectivity index (χ2n) is 6.81. The summed E-state index contributed by atoms with van der Waals surface area (Å²) in [6, 6.07) is 11.3. The number of halogens is 1. The lowest BCUT2D eigenvalue weighted by Crippen LogP contribution is -2.39. The number of ketones is 1. The van der Waals surface area contributed by atoms with Crippen molar-refractivity contribution in [2.45, 2.75) is 51.2 Å². The molecule has 2 aromatic rings. The average molecular weight is 420 g/mol. The van der Waals surface area contributed by atoms with Gasteiger partial charge in [-0.05, 0) is 49.4 Å². The molecule has 0 saturated heterocycles. The smallest absolute Gasteiger partial charge is 0.307 e. The molecule has 0 bridgehead atoms. The quantitative estimate of drug-likeness (QED) is 0.530. The molecule has 1 amide bonds. The van der Waals surface area contributed by atoms with E-state index in [2.05, 4.69) is 11.4 Å². The van der Waals surface area contributed by atoms with Gasteiger partial charge in [0.15, 0.2) is 11.9 Å². The van der Waals surface area contributed by atoms with E-state index in [1.807, 2.05) is 18.2 Å². The number of amides is 1. The van der Waals surface area contributed by atoms with Crippen LogP contribution in [0, 0.1) is 0 Å². The van der Waals surface area contributed by atoms with Crippen molar-refractivity contribution < 1.29 is 19.1 Å². The third-order valence-corrected chi connectivity index (χ3v) is 6.04. The number of fused-ring (bicyclic) bond motifs is 1. The molecule has 3 rings (SSSR count). The Morgan fingerprint density at radius 3 is 2.75 bits per heavy atom. The van der Waals surface area contributed by atoms with Crippen molar-refractivity contribution in [1.29, 1.82) is 0 Å². The SMILES string of the molecule is C[C@@H](OC(=O)CCC(=O)c1ccc(Cl)s1)C(=O)N[C@H]1CCCc2ccccc21. The molecule has 1 aromatic heterocycles. The summed E-state index contributed by atoms with van der Waals surface area (Å²) in [5, 5.41) is 2.98. The van der Waals surface area contributed by atoms with Gasteiger partial charge in [0.05, 0.1) is 21.7 Å². The van der Waals surface area contributed by atoms with Crippen LogP contribution in [0.2, 0.25) is 4.34 Å². The van der Waals surface area contributed by atoms with Gasteiger partial charge in [0, 0.05) is 6.42 Å². The first kappa shape index (κ1) is 20.6. The fourth-order valence-corrected chi connectivity index (χ4v) is 4.32. The number of carbonyl (C=O) groups is 3. The molecule has 0 saturated carbocycles. The Bertz CT molecular complexity index is 879. The summed E-state index contributed by atoms with van der Waals surface area (Å²) in [5.41, 5.74) is 2.37. The van der Waals surface area contributed by atoms with Gasteiger partial charge in [-0.1, -0.05) is 35.9 Å². The minimum atomic E-state index is -0.909. The number of aryl methyl sites for hydroxylation is 1. The van der Waals surface area contributed by atoms with Gasteiger partial charge in [0.25, 0.3) is 5.91 Å². The van der Waals surface area contributed by atoms with Crippen LogP contribution < -0.4 is 5.32 Å². The Morgan fingerprint density at radius 2 is 2.00 bits per heavy atom. The van der Waals surface area contributed by atoms with Crippen LogP contribution in [0.3, 0.4) is 0 Å². The fraction of sp³-hybridized carbons (Fsp3) is 0.381. The molecule has 7 heteroatoms. The van der Waals surface area contributed by atoms with Crippen LogP contribution in [-0.4, -0.2) is 23.8 Å². The van der Waals surface area contributed by atoms with Crippen LogP contribution >= 0.6 is 22.9 Å². The maximum atomic E-state index is 12.5. The van der Waals surface area contributed by atoms with Crippen LogP contribution in [0.25, 0.3) is 0 Å². The van der Waals surface area contributed by atoms with E-state index >= 15 is 0 Å². The largest absolute Gasteiger partial charge is 0.453 e. The van der Waals surface area contributed by atoms with Crippen molar-refractivity contribution in [3.8, 4) is 0 Å². The van der Waals surface area contributed by atoms with E-state index < -0.39 is 12.1 Å². The summed E-state index contributed by atoms with van der Waals surface area (Å²) in [7, 11) is 0. The first-order valence-electron chi connectivity index (χ1n) is 9.30. The number of Topliss-reactive ketones (excluding diaryl/α,β-unsaturated/α-hetero) is 1.